The minimum atomic E-state index is -3.71. The highest BCUT2D eigenvalue weighted by Crippen LogP contribution is 2.46. The Labute approximate surface area is 258 Å². The number of carbonyl (C=O) groups is 2. The fourth-order valence-corrected chi connectivity index (χ4v) is 5.62. The number of nitrogens with zero attached hydrogens (tertiary/aromatic N) is 1. The van der Waals surface area contributed by atoms with E-state index in [1.54, 1.807) is 30.5 Å². The molecule has 1 heterocycles. The lowest BCUT2D eigenvalue weighted by Crippen LogP contribution is -2.42. The standard InChI is InChI=1S/C32H40ClN3O6S/c1-20(2)15-24-16-23(11-13-27(24)29(37)36-43(6,40)41)21-7-9-22(10-8-21)25(19-42-30(34)38)17-32(39,31(3,4)5)26-12-14-28(33)35-18-26/h7-14,16,18,20,25,39H,15,17,19H2,1-6H3,(H2,34,38)(H,36,37)/t25?,32-/m0/s1. The van der Waals surface area contributed by atoms with Crippen LogP contribution in [-0.4, -0.2) is 43.4 Å². The number of pyridine rings is 1. The summed E-state index contributed by atoms with van der Waals surface area (Å²) in [5, 5.41) is 12.4. The van der Waals surface area contributed by atoms with E-state index in [2.05, 4.69) is 4.98 Å². The van der Waals surface area contributed by atoms with Crippen LogP contribution in [0.25, 0.3) is 11.1 Å². The molecule has 9 nitrogen and oxygen atoms in total. The average Bonchev–Trinajstić information content (AvgIpc) is 2.89. The summed E-state index contributed by atoms with van der Waals surface area (Å²) in [6.45, 7) is 9.76. The zero-order valence-corrected chi connectivity index (χ0v) is 26.9. The number of amides is 2. The van der Waals surface area contributed by atoms with Gasteiger partial charge in [-0.2, -0.15) is 0 Å². The predicted octanol–water partition coefficient (Wildman–Crippen LogP) is 5.79. The number of nitrogens with two attached hydrogens (primary N) is 1. The maximum absolute atomic E-state index is 12.7. The second-order valence-corrected chi connectivity index (χ2v) is 14.4. The lowest BCUT2D eigenvalue weighted by Gasteiger charge is -2.42. The Balaban J connectivity index is 1.99. The minimum absolute atomic E-state index is 0.0449. The molecular weight excluding hydrogens is 590 g/mol. The van der Waals surface area contributed by atoms with Crippen molar-refractivity contribution in [3.05, 3.63) is 88.2 Å². The van der Waals surface area contributed by atoms with Crippen molar-refractivity contribution < 1.29 is 27.9 Å². The van der Waals surface area contributed by atoms with E-state index in [0.29, 0.717) is 22.7 Å². The van der Waals surface area contributed by atoms with Gasteiger partial charge in [0.1, 0.15) is 11.8 Å². The number of benzene rings is 2. The third-order valence-electron chi connectivity index (χ3n) is 7.39. The van der Waals surface area contributed by atoms with Crippen molar-refractivity contribution >= 4 is 33.6 Å². The molecule has 0 aliphatic rings. The summed E-state index contributed by atoms with van der Waals surface area (Å²) in [6, 6.07) is 16.3. The Hall–Kier alpha value is -3.47. The van der Waals surface area contributed by atoms with Gasteiger partial charge in [-0.15, -0.1) is 0 Å². The number of ether oxygens (including phenoxy) is 1. The molecule has 4 N–H and O–H groups in total. The molecule has 0 bridgehead atoms. The first-order chi connectivity index (χ1) is 19.9. The maximum Gasteiger partial charge on any atom is 0.404 e. The van der Waals surface area contributed by atoms with Gasteiger partial charge in [0.25, 0.3) is 5.91 Å². The van der Waals surface area contributed by atoms with Crippen molar-refractivity contribution in [3.8, 4) is 11.1 Å². The summed E-state index contributed by atoms with van der Waals surface area (Å²) >= 11 is 6.00. The van der Waals surface area contributed by atoms with Crippen LogP contribution in [0.4, 0.5) is 4.79 Å². The van der Waals surface area contributed by atoms with Crippen molar-refractivity contribution in [1.82, 2.24) is 9.71 Å². The molecule has 2 aromatic carbocycles. The van der Waals surface area contributed by atoms with Gasteiger partial charge in [-0.25, -0.2) is 22.9 Å². The van der Waals surface area contributed by atoms with Gasteiger partial charge in [0, 0.05) is 23.2 Å². The van der Waals surface area contributed by atoms with Crippen LogP contribution < -0.4 is 10.5 Å². The molecule has 0 saturated carbocycles. The molecule has 2 amide bonds. The number of sulfonamides is 1. The largest absolute Gasteiger partial charge is 0.449 e. The van der Waals surface area contributed by atoms with E-state index >= 15 is 0 Å². The number of aromatic nitrogens is 1. The fraction of sp³-hybridized carbons (Fsp3) is 0.406. The SMILES string of the molecule is CC(C)Cc1cc(-c2ccc(C(COC(N)=O)C[C@](O)(c3ccc(Cl)nc3)C(C)(C)C)cc2)ccc1C(=O)NS(C)(=O)=O. The maximum atomic E-state index is 12.7. The van der Waals surface area contributed by atoms with E-state index in [1.165, 1.54) is 0 Å². The van der Waals surface area contributed by atoms with Crippen molar-refractivity contribution in [2.75, 3.05) is 12.9 Å². The highest BCUT2D eigenvalue weighted by Gasteiger charge is 2.44. The normalized spacial score (nSPS) is 14.2. The molecule has 0 aliphatic carbocycles. The van der Waals surface area contributed by atoms with E-state index in [4.69, 9.17) is 22.1 Å². The molecule has 3 aromatic rings. The monoisotopic (exact) mass is 629 g/mol. The Bertz CT molecular complexity index is 1550. The molecule has 0 aliphatic heterocycles. The average molecular weight is 630 g/mol. The van der Waals surface area contributed by atoms with E-state index in [-0.39, 0.29) is 18.9 Å². The Morgan fingerprint density at radius 3 is 2.19 bits per heavy atom. The number of hydrogen-bond donors (Lipinski definition) is 3. The summed E-state index contributed by atoms with van der Waals surface area (Å²) in [5.41, 5.74) is 7.49. The molecule has 0 saturated heterocycles. The van der Waals surface area contributed by atoms with Gasteiger partial charge in [-0.05, 0) is 58.6 Å². The molecule has 0 radical (unpaired) electrons. The first kappa shape index (κ1) is 34.0. The van der Waals surface area contributed by atoms with Crippen LogP contribution in [0.15, 0.2) is 60.8 Å². The van der Waals surface area contributed by atoms with Crippen LogP contribution in [0.2, 0.25) is 5.15 Å². The first-order valence-corrected chi connectivity index (χ1v) is 16.2. The molecule has 43 heavy (non-hydrogen) atoms. The number of rotatable bonds is 11. The van der Waals surface area contributed by atoms with Crippen molar-refractivity contribution in [2.45, 2.75) is 59.0 Å². The van der Waals surface area contributed by atoms with E-state index in [0.717, 1.165) is 28.5 Å². The summed E-state index contributed by atoms with van der Waals surface area (Å²) in [6.07, 6.45) is 2.37. The van der Waals surface area contributed by atoms with E-state index < -0.39 is 39.0 Å². The molecule has 232 valence electrons. The molecule has 3 rings (SSSR count). The second-order valence-electron chi connectivity index (χ2n) is 12.3. The molecule has 1 aromatic heterocycles. The van der Waals surface area contributed by atoms with Gasteiger partial charge in [0.2, 0.25) is 10.0 Å². The highest BCUT2D eigenvalue weighted by molar-refractivity contribution is 7.89. The number of aliphatic hydroxyl groups is 1. The van der Waals surface area contributed by atoms with Gasteiger partial charge in [-0.3, -0.25) is 4.79 Å². The molecular formula is C32H40ClN3O6S. The van der Waals surface area contributed by atoms with Crippen molar-refractivity contribution in [3.63, 3.8) is 0 Å². The Kier molecular flexibility index (Phi) is 10.6. The molecule has 1 unspecified atom stereocenters. The van der Waals surface area contributed by atoms with E-state index in [1.807, 2.05) is 69.7 Å². The second kappa shape index (κ2) is 13.4. The van der Waals surface area contributed by atoms with Gasteiger partial charge in [-0.1, -0.05) is 88.7 Å². The van der Waals surface area contributed by atoms with E-state index in [9.17, 15) is 23.1 Å². The van der Waals surface area contributed by atoms with Gasteiger partial charge < -0.3 is 15.6 Å². The zero-order valence-electron chi connectivity index (χ0n) is 25.3. The first-order valence-electron chi connectivity index (χ1n) is 13.9. The van der Waals surface area contributed by atoms with Crippen molar-refractivity contribution in [1.29, 1.82) is 0 Å². The number of nitrogens with one attached hydrogen (secondary N) is 1. The predicted molar refractivity (Wildman–Crippen MR) is 168 cm³/mol. The number of hydrogen-bond acceptors (Lipinski definition) is 7. The fourth-order valence-electron chi connectivity index (χ4n) is 5.06. The summed E-state index contributed by atoms with van der Waals surface area (Å²) < 4.78 is 30.6. The summed E-state index contributed by atoms with van der Waals surface area (Å²) in [7, 11) is -3.71. The lowest BCUT2D eigenvalue weighted by molar-refractivity contribution is -0.0796. The molecule has 0 spiro atoms. The molecule has 2 atom stereocenters. The molecule has 11 heteroatoms. The molecule has 0 fully saturated rings. The van der Waals surface area contributed by atoms with Crippen LogP contribution in [0, 0.1) is 11.3 Å². The summed E-state index contributed by atoms with van der Waals surface area (Å²) in [5.74, 6) is -0.856. The third-order valence-corrected chi connectivity index (χ3v) is 8.17. The summed E-state index contributed by atoms with van der Waals surface area (Å²) in [4.78, 5) is 28.4. The van der Waals surface area contributed by atoms with Gasteiger partial charge in [0.15, 0.2) is 0 Å². The number of halogens is 1. The van der Waals surface area contributed by atoms with Gasteiger partial charge in [0.05, 0.1) is 11.9 Å². The number of primary amides is 1. The number of carbonyl (C=O) groups excluding carboxylic acids is 2. The lowest BCUT2D eigenvalue weighted by atomic mass is 9.67. The highest BCUT2D eigenvalue weighted by atomic mass is 35.5. The zero-order chi connectivity index (χ0) is 32.2. The van der Waals surface area contributed by atoms with Crippen LogP contribution >= 0.6 is 11.6 Å². The van der Waals surface area contributed by atoms with Crippen LogP contribution in [-0.2, 0) is 26.8 Å². The van der Waals surface area contributed by atoms with Crippen LogP contribution in [0.5, 0.6) is 0 Å². The Morgan fingerprint density at radius 2 is 1.67 bits per heavy atom. The minimum Gasteiger partial charge on any atom is -0.449 e. The third kappa shape index (κ3) is 9.01. The smallest absolute Gasteiger partial charge is 0.404 e. The van der Waals surface area contributed by atoms with Gasteiger partial charge >= 0.3 is 6.09 Å². The Morgan fingerprint density at radius 1 is 1.05 bits per heavy atom. The van der Waals surface area contributed by atoms with Crippen LogP contribution in [0.3, 0.4) is 0 Å². The topological polar surface area (TPSA) is 149 Å². The quantitative estimate of drug-likeness (QED) is 0.227. The van der Waals surface area contributed by atoms with Crippen LogP contribution in [0.1, 0.15) is 74.0 Å². The van der Waals surface area contributed by atoms with Crippen molar-refractivity contribution in [2.24, 2.45) is 17.1 Å².